The molecule has 0 unspecified atom stereocenters. The zero-order valence-corrected chi connectivity index (χ0v) is 11.3. The lowest BCUT2D eigenvalue weighted by Crippen LogP contribution is -2.01. The summed E-state index contributed by atoms with van der Waals surface area (Å²) in [7, 11) is 0. The summed E-state index contributed by atoms with van der Waals surface area (Å²) in [5.41, 5.74) is 2.59. The third kappa shape index (κ3) is 1.88. The normalized spacial score (nSPS) is 11.3. The van der Waals surface area contributed by atoms with Crippen LogP contribution in [0.4, 0.5) is 0 Å². The molecule has 0 aliphatic rings. The summed E-state index contributed by atoms with van der Waals surface area (Å²) in [6, 6.07) is 17.9. The number of pyridine rings is 1. The van der Waals surface area contributed by atoms with Crippen molar-refractivity contribution in [2.75, 3.05) is 0 Å². The molecule has 0 spiro atoms. The lowest BCUT2D eigenvalue weighted by Gasteiger charge is -2.10. The van der Waals surface area contributed by atoms with Gasteiger partial charge < -0.3 is 5.11 Å². The predicted octanol–water partition coefficient (Wildman–Crippen LogP) is 3.07. The molecule has 0 atom stereocenters. The zero-order valence-electron chi connectivity index (χ0n) is 11.3. The molecule has 4 aromatic rings. The fraction of sp³-hybridized carbons (Fsp3) is 0.0588. The minimum atomic E-state index is -0.0789. The van der Waals surface area contributed by atoms with Crippen LogP contribution in [0.15, 0.2) is 60.9 Å². The van der Waals surface area contributed by atoms with Crippen LogP contribution in [-0.4, -0.2) is 19.6 Å². The predicted molar refractivity (Wildman–Crippen MR) is 82.3 cm³/mol. The molecule has 4 rings (SSSR count). The van der Waals surface area contributed by atoms with Gasteiger partial charge in [0.05, 0.1) is 23.3 Å². The van der Waals surface area contributed by atoms with Gasteiger partial charge in [0.2, 0.25) is 0 Å². The summed E-state index contributed by atoms with van der Waals surface area (Å²) in [5, 5.41) is 11.5. The lowest BCUT2D eigenvalue weighted by atomic mass is 10.1. The molecule has 4 nitrogen and oxygen atoms in total. The number of imidazole rings is 1. The van der Waals surface area contributed by atoms with E-state index in [1.807, 2.05) is 59.2 Å². The molecule has 2 aromatic heterocycles. The second-order valence-corrected chi connectivity index (χ2v) is 4.92. The fourth-order valence-electron chi connectivity index (χ4n) is 2.63. The van der Waals surface area contributed by atoms with E-state index in [4.69, 9.17) is 0 Å². The van der Waals surface area contributed by atoms with E-state index < -0.39 is 0 Å². The van der Waals surface area contributed by atoms with Crippen molar-refractivity contribution in [1.29, 1.82) is 0 Å². The number of aromatic nitrogens is 3. The van der Waals surface area contributed by atoms with Crippen molar-refractivity contribution in [3.63, 3.8) is 0 Å². The highest BCUT2D eigenvalue weighted by molar-refractivity contribution is 5.91. The van der Waals surface area contributed by atoms with Gasteiger partial charge in [0.15, 0.2) is 0 Å². The average Bonchev–Trinajstić information content (AvgIpc) is 2.97. The highest BCUT2D eigenvalue weighted by Gasteiger charge is 2.10. The number of rotatable bonds is 2. The standard InChI is InChI=1S/C17H13N3O/c21-10-13-9-12-5-1-2-6-14(12)17(19-13)20-11-18-15-7-3-4-8-16(15)20/h1-9,11,21H,10H2. The van der Waals surface area contributed by atoms with Gasteiger partial charge in [-0.05, 0) is 23.6 Å². The molecule has 0 fully saturated rings. The Morgan fingerprint density at radius 3 is 2.71 bits per heavy atom. The van der Waals surface area contributed by atoms with E-state index >= 15 is 0 Å². The first-order chi connectivity index (χ1) is 10.4. The molecule has 102 valence electrons. The number of benzene rings is 2. The lowest BCUT2D eigenvalue weighted by molar-refractivity contribution is 0.277. The molecule has 0 aliphatic carbocycles. The Balaban J connectivity index is 2.09. The molecule has 4 heteroatoms. The van der Waals surface area contributed by atoms with Gasteiger partial charge in [-0.2, -0.15) is 0 Å². The summed E-state index contributed by atoms with van der Waals surface area (Å²) in [4.78, 5) is 9.00. The van der Waals surface area contributed by atoms with E-state index in [1.54, 1.807) is 6.33 Å². The molecule has 0 saturated carbocycles. The first kappa shape index (κ1) is 12.1. The van der Waals surface area contributed by atoms with E-state index in [0.717, 1.165) is 27.6 Å². The van der Waals surface area contributed by atoms with Gasteiger partial charge in [0, 0.05) is 5.39 Å². The van der Waals surface area contributed by atoms with Crippen LogP contribution in [0, 0.1) is 0 Å². The summed E-state index contributed by atoms with van der Waals surface area (Å²) in [5.74, 6) is 0.797. The van der Waals surface area contributed by atoms with Crippen molar-refractivity contribution in [1.82, 2.24) is 14.5 Å². The smallest absolute Gasteiger partial charge is 0.146 e. The number of hydrogen-bond donors (Lipinski definition) is 1. The molecule has 1 N–H and O–H groups in total. The Morgan fingerprint density at radius 1 is 1.00 bits per heavy atom. The van der Waals surface area contributed by atoms with Crippen molar-refractivity contribution in [2.45, 2.75) is 6.61 Å². The third-order valence-corrected chi connectivity index (χ3v) is 3.62. The van der Waals surface area contributed by atoms with Crippen LogP contribution in [0.2, 0.25) is 0 Å². The highest BCUT2D eigenvalue weighted by Crippen LogP contribution is 2.25. The van der Waals surface area contributed by atoms with Gasteiger partial charge in [0.25, 0.3) is 0 Å². The minimum Gasteiger partial charge on any atom is -0.390 e. The van der Waals surface area contributed by atoms with Crippen molar-refractivity contribution < 1.29 is 5.11 Å². The van der Waals surface area contributed by atoms with Crippen LogP contribution >= 0.6 is 0 Å². The SMILES string of the molecule is OCc1cc2ccccc2c(-n2cnc3ccccc32)n1. The van der Waals surface area contributed by atoms with Gasteiger partial charge in [-0.25, -0.2) is 9.97 Å². The van der Waals surface area contributed by atoms with Crippen molar-refractivity contribution in [3.05, 3.63) is 66.6 Å². The van der Waals surface area contributed by atoms with E-state index in [-0.39, 0.29) is 6.61 Å². The van der Waals surface area contributed by atoms with Crippen LogP contribution < -0.4 is 0 Å². The van der Waals surface area contributed by atoms with E-state index in [2.05, 4.69) is 9.97 Å². The van der Waals surface area contributed by atoms with E-state index in [0.29, 0.717) is 5.69 Å². The van der Waals surface area contributed by atoms with Gasteiger partial charge in [-0.15, -0.1) is 0 Å². The van der Waals surface area contributed by atoms with Gasteiger partial charge in [0.1, 0.15) is 12.1 Å². The molecular weight excluding hydrogens is 262 g/mol. The Hall–Kier alpha value is -2.72. The topological polar surface area (TPSA) is 50.9 Å². The van der Waals surface area contributed by atoms with E-state index in [9.17, 15) is 5.11 Å². The maximum atomic E-state index is 9.44. The van der Waals surface area contributed by atoms with Gasteiger partial charge in [-0.1, -0.05) is 36.4 Å². The second-order valence-electron chi connectivity index (χ2n) is 4.92. The zero-order chi connectivity index (χ0) is 14.2. The molecule has 0 bridgehead atoms. The number of hydrogen-bond acceptors (Lipinski definition) is 3. The van der Waals surface area contributed by atoms with Gasteiger partial charge in [-0.3, -0.25) is 4.57 Å². The van der Waals surface area contributed by atoms with E-state index in [1.165, 1.54) is 0 Å². The number of fused-ring (bicyclic) bond motifs is 2. The Bertz CT molecular complexity index is 943. The van der Waals surface area contributed by atoms with Crippen LogP contribution in [0.25, 0.3) is 27.6 Å². The van der Waals surface area contributed by atoms with Crippen LogP contribution in [0.5, 0.6) is 0 Å². The molecule has 0 radical (unpaired) electrons. The maximum absolute atomic E-state index is 9.44. The Kier molecular flexibility index (Phi) is 2.69. The molecule has 0 amide bonds. The molecule has 2 heterocycles. The van der Waals surface area contributed by atoms with Crippen molar-refractivity contribution >= 4 is 21.8 Å². The number of para-hydroxylation sites is 2. The molecule has 0 aliphatic heterocycles. The number of nitrogens with zero attached hydrogens (tertiary/aromatic N) is 3. The average molecular weight is 275 g/mol. The fourth-order valence-corrected chi connectivity index (χ4v) is 2.63. The highest BCUT2D eigenvalue weighted by atomic mass is 16.3. The summed E-state index contributed by atoms with van der Waals surface area (Å²) < 4.78 is 1.97. The quantitative estimate of drug-likeness (QED) is 0.611. The van der Waals surface area contributed by atoms with Crippen molar-refractivity contribution in [2.24, 2.45) is 0 Å². The minimum absolute atomic E-state index is 0.0789. The first-order valence-corrected chi connectivity index (χ1v) is 6.79. The van der Waals surface area contributed by atoms with Gasteiger partial charge >= 0.3 is 0 Å². The molecule has 0 saturated heterocycles. The molecule has 2 aromatic carbocycles. The number of aliphatic hydroxyl groups is 1. The first-order valence-electron chi connectivity index (χ1n) is 6.79. The second kappa shape index (κ2) is 4.68. The van der Waals surface area contributed by atoms with Crippen LogP contribution in [0.3, 0.4) is 0 Å². The van der Waals surface area contributed by atoms with Crippen LogP contribution in [-0.2, 0) is 6.61 Å². The summed E-state index contributed by atoms with van der Waals surface area (Å²) in [6.45, 7) is -0.0789. The third-order valence-electron chi connectivity index (χ3n) is 3.62. The Morgan fingerprint density at radius 2 is 1.81 bits per heavy atom. The number of aliphatic hydroxyl groups excluding tert-OH is 1. The largest absolute Gasteiger partial charge is 0.390 e. The summed E-state index contributed by atoms with van der Waals surface area (Å²) >= 11 is 0. The summed E-state index contributed by atoms with van der Waals surface area (Å²) in [6.07, 6.45) is 1.78. The maximum Gasteiger partial charge on any atom is 0.146 e. The van der Waals surface area contributed by atoms with Crippen molar-refractivity contribution in [3.8, 4) is 5.82 Å². The Labute approximate surface area is 121 Å². The monoisotopic (exact) mass is 275 g/mol. The molecule has 21 heavy (non-hydrogen) atoms. The molecular formula is C17H13N3O. The van der Waals surface area contributed by atoms with Crippen LogP contribution in [0.1, 0.15) is 5.69 Å².